The van der Waals surface area contributed by atoms with Crippen molar-refractivity contribution in [2.75, 3.05) is 38.0 Å². The van der Waals surface area contributed by atoms with E-state index >= 15 is 0 Å². The van der Waals surface area contributed by atoms with Crippen LogP contribution in [0.25, 0.3) is 0 Å². The molecule has 1 N–H and O–H groups in total. The molecule has 2 atom stereocenters. The normalized spacial score (nSPS) is 25.7. The summed E-state index contributed by atoms with van der Waals surface area (Å²) in [6, 6.07) is 4.97. The number of ether oxygens (including phenoxy) is 2. The number of urea groups is 1. The lowest BCUT2D eigenvalue weighted by atomic mass is 9.95. The molecule has 0 saturated carbocycles. The topological polar surface area (TPSA) is 88.2 Å². The summed E-state index contributed by atoms with van der Waals surface area (Å²) in [5.41, 5.74) is 0.634. The number of sulfonamides is 1. The number of anilines is 1. The van der Waals surface area contributed by atoms with Gasteiger partial charge in [-0.3, -0.25) is 0 Å². The van der Waals surface area contributed by atoms with Gasteiger partial charge in [-0.25, -0.2) is 13.2 Å². The lowest BCUT2D eigenvalue weighted by molar-refractivity contribution is 0.153. The summed E-state index contributed by atoms with van der Waals surface area (Å²) in [7, 11) is -3.25. The van der Waals surface area contributed by atoms with Crippen molar-refractivity contribution in [1.82, 2.24) is 9.21 Å². The van der Waals surface area contributed by atoms with Gasteiger partial charge >= 0.3 is 6.03 Å². The van der Waals surface area contributed by atoms with Gasteiger partial charge in [0.15, 0.2) is 11.5 Å². The van der Waals surface area contributed by atoms with Crippen LogP contribution in [0.2, 0.25) is 0 Å². The van der Waals surface area contributed by atoms with Crippen LogP contribution in [0.4, 0.5) is 10.5 Å². The molecule has 2 amide bonds. The Morgan fingerprint density at radius 3 is 2.76 bits per heavy atom. The molecule has 0 radical (unpaired) electrons. The summed E-state index contributed by atoms with van der Waals surface area (Å²) in [6.45, 7) is 1.62. The second-order valence-electron chi connectivity index (χ2n) is 6.83. The van der Waals surface area contributed by atoms with Crippen molar-refractivity contribution in [3.05, 3.63) is 18.2 Å². The SMILES string of the molecule is CS(=O)(=O)N1C[C@H]2CC[C@@H](C1)N(C(=O)Nc1ccc3c(c1)OCO3)C2. The highest BCUT2D eigenvalue weighted by Gasteiger charge is 2.39. The predicted molar refractivity (Wildman–Crippen MR) is 91.2 cm³/mol. The fourth-order valence-corrected chi connectivity index (χ4v) is 4.65. The van der Waals surface area contributed by atoms with Crippen LogP contribution >= 0.6 is 0 Å². The van der Waals surface area contributed by atoms with Crippen LogP contribution in [0.15, 0.2) is 18.2 Å². The van der Waals surface area contributed by atoms with E-state index in [1.165, 1.54) is 10.6 Å². The Morgan fingerprint density at radius 1 is 1.16 bits per heavy atom. The lowest BCUT2D eigenvalue weighted by Crippen LogP contribution is -2.49. The molecule has 0 aliphatic carbocycles. The first-order chi connectivity index (χ1) is 11.9. The minimum Gasteiger partial charge on any atom is -0.454 e. The van der Waals surface area contributed by atoms with Gasteiger partial charge in [-0.05, 0) is 30.9 Å². The molecule has 3 fully saturated rings. The summed E-state index contributed by atoms with van der Waals surface area (Å²) in [5, 5.41) is 2.89. The number of piperidine rings is 1. The number of carbonyl (C=O) groups excluding carboxylic acids is 1. The highest BCUT2D eigenvalue weighted by Crippen LogP contribution is 2.35. The van der Waals surface area contributed by atoms with E-state index < -0.39 is 10.0 Å². The van der Waals surface area contributed by atoms with E-state index in [1.807, 2.05) is 0 Å². The molecule has 4 heterocycles. The predicted octanol–water partition coefficient (Wildman–Crippen LogP) is 1.30. The molecular formula is C16H21N3O5S. The molecule has 4 aliphatic heterocycles. The minimum atomic E-state index is -3.25. The van der Waals surface area contributed by atoms with Gasteiger partial charge in [0, 0.05) is 37.4 Å². The van der Waals surface area contributed by atoms with Crippen LogP contribution in [-0.2, 0) is 10.0 Å². The van der Waals surface area contributed by atoms with E-state index in [0.29, 0.717) is 36.8 Å². The maximum Gasteiger partial charge on any atom is 0.322 e. The number of nitrogens with zero attached hydrogens (tertiary/aromatic N) is 2. The third-order valence-corrected chi connectivity index (χ3v) is 6.27. The molecule has 9 heteroatoms. The standard InChI is InChI=1S/C16H21N3O5S/c1-25(21,22)18-7-11-2-4-13(9-18)19(8-11)16(20)17-12-3-5-14-15(6-12)24-10-23-14/h3,5-6,11,13H,2,4,7-10H2,1H3,(H,17,20)/t11-,13+/m1/s1. The van der Waals surface area contributed by atoms with Crippen LogP contribution in [-0.4, -0.2) is 62.4 Å². The van der Waals surface area contributed by atoms with Crippen molar-refractivity contribution in [2.45, 2.75) is 18.9 Å². The second-order valence-corrected chi connectivity index (χ2v) is 8.81. The Kier molecular flexibility index (Phi) is 3.99. The minimum absolute atomic E-state index is 0.0949. The number of carbonyl (C=O) groups is 1. The van der Waals surface area contributed by atoms with E-state index in [-0.39, 0.29) is 24.8 Å². The molecule has 0 spiro atoms. The highest BCUT2D eigenvalue weighted by atomic mass is 32.2. The van der Waals surface area contributed by atoms with Crippen molar-refractivity contribution in [3.63, 3.8) is 0 Å². The van der Waals surface area contributed by atoms with Gasteiger partial charge in [-0.2, -0.15) is 4.31 Å². The first kappa shape index (κ1) is 16.5. The van der Waals surface area contributed by atoms with Gasteiger partial charge in [0.2, 0.25) is 16.8 Å². The number of benzene rings is 1. The zero-order chi connectivity index (χ0) is 17.6. The summed E-state index contributed by atoms with van der Waals surface area (Å²) in [4.78, 5) is 14.5. The molecule has 1 aromatic rings. The van der Waals surface area contributed by atoms with Crippen LogP contribution in [0.5, 0.6) is 11.5 Å². The number of fused-ring (bicyclic) bond motifs is 5. The van der Waals surface area contributed by atoms with Crippen LogP contribution < -0.4 is 14.8 Å². The quantitative estimate of drug-likeness (QED) is 0.851. The largest absolute Gasteiger partial charge is 0.454 e. The Labute approximate surface area is 146 Å². The molecule has 4 aliphatic rings. The average Bonchev–Trinajstić information content (AvgIpc) is 2.81. The fourth-order valence-electron chi connectivity index (χ4n) is 3.73. The fraction of sp³-hybridized carbons (Fsp3) is 0.562. The molecule has 3 saturated heterocycles. The first-order valence-corrected chi connectivity index (χ1v) is 10.2. The van der Waals surface area contributed by atoms with E-state index in [0.717, 1.165) is 12.8 Å². The Bertz CT molecular complexity index is 797. The van der Waals surface area contributed by atoms with Crippen molar-refractivity contribution in [2.24, 2.45) is 5.92 Å². The van der Waals surface area contributed by atoms with E-state index in [1.54, 1.807) is 23.1 Å². The Balaban J connectivity index is 1.49. The molecule has 8 nitrogen and oxygen atoms in total. The van der Waals surface area contributed by atoms with Crippen LogP contribution in [0.1, 0.15) is 12.8 Å². The second kappa shape index (κ2) is 6.06. The Hall–Kier alpha value is -2.00. The summed E-state index contributed by atoms with van der Waals surface area (Å²) < 4.78 is 35.9. The monoisotopic (exact) mass is 367 g/mol. The van der Waals surface area contributed by atoms with Gasteiger partial charge in [0.05, 0.1) is 6.26 Å². The van der Waals surface area contributed by atoms with Gasteiger partial charge in [-0.15, -0.1) is 0 Å². The summed E-state index contributed by atoms with van der Waals surface area (Å²) in [6.07, 6.45) is 3.00. The Morgan fingerprint density at radius 2 is 1.96 bits per heavy atom. The third-order valence-electron chi connectivity index (χ3n) is 5.03. The highest BCUT2D eigenvalue weighted by molar-refractivity contribution is 7.88. The van der Waals surface area contributed by atoms with E-state index in [2.05, 4.69) is 5.32 Å². The van der Waals surface area contributed by atoms with Gasteiger partial charge in [-0.1, -0.05) is 0 Å². The smallest absolute Gasteiger partial charge is 0.322 e. The van der Waals surface area contributed by atoms with Gasteiger partial charge in [0.1, 0.15) is 0 Å². The van der Waals surface area contributed by atoms with Crippen LogP contribution in [0.3, 0.4) is 0 Å². The van der Waals surface area contributed by atoms with Crippen molar-refractivity contribution >= 4 is 21.7 Å². The van der Waals surface area contributed by atoms with Gasteiger partial charge in [0.25, 0.3) is 0 Å². The molecule has 1 aromatic carbocycles. The molecule has 136 valence electrons. The number of hydrogen-bond donors (Lipinski definition) is 1. The van der Waals surface area contributed by atoms with Gasteiger partial charge < -0.3 is 19.7 Å². The number of amides is 2. The third kappa shape index (κ3) is 3.25. The first-order valence-electron chi connectivity index (χ1n) is 8.32. The van der Waals surface area contributed by atoms with Crippen molar-refractivity contribution in [3.8, 4) is 11.5 Å². The maximum atomic E-state index is 12.7. The molecule has 0 aromatic heterocycles. The molecule has 5 rings (SSSR count). The van der Waals surface area contributed by atoms with Crippen molar-refractivity contribution in [1.29, 1.82) is 0 Å². The summed E-state index contributed by atoms with van der Waals surface area (Å²) >= 11 is 0. The zero-order valence-electron chi connectivity index (χ0n) is 14.0. The number of nitrogens with one attached hydrogen (secondary N) is 1. The average molecular weight is 367 g/mol. The number of hydrogen-bond acceptors (Lipinski definition) is 5. The molecule has 2 bridgehead atoms. The molecule has 25 heavy (non-hydrogen) atoms. The van der Waals surface area contributed by atoms with Crippen LogP contribution in [0, 0.1) is 5.92 Å². The number of rotatable bonds is 2. The van der Waals surface area contributed by atoms with Crippen molar-refractivity contribution < 1.29 is 22.7 Å². The lowest BCUT2D eigenvalue weighted by Gasteiger charge is -2.36. The van der Waals surface area contributed by atoms with E-state index in [4.69, 9.17) is 9.47 Å². The molecular weight excluding hydrogens is 346 g/mol. The summed E-state index contributed by atoms with van der Waals surface area (Å²) in [5.74, 6) is 1.45. The molecule has 0 unspecified atom stereocenters. The zero-order valence-corrected chi connectivity index (χ0v) is 14.8. The maximum absolute atomic E-state index is 12.7. The van der Waals surface area contributed by atoms with E-state index in [9.17, 15) is 13.2 Å².